The van der Waals surface area contributed by atoms with Crippen molar-refractivity contribution in [1.82, 2.24) is 9.55 Å². The second-order valence-electron chi connectivity index (χ2n) is 1.94. The molecule has 0 aliphatic heterocycles. The van der Waals surface area contributed by atoms with Crippen LogP contribution in [0.4, 0.5) is 0 Å². The summed E-state index contributed by atoms with van der Waals surface area (Å²) in [4.78, 5) is 13.0. The summed E-state index contributed by atoms with van der Waals surface area (Å²) in [6.45, 7) is 0. The van der Waals surface area contributed by atoms with Crippen molar-refractivity contribution in [1.29, 1.82) is 10.5 Å². The van der Waals surface area contributed by atoms with Crippen LogP contribution < -0.4 is 5.69 Å². The zero-order valence-corrected chi connectivity index (χ0v) is 5.75. The van der Waals surface area contributed by atoms with Crippen molar-refractivity contribution in [3.05, 3.63) is 21.9 Å². The molecule has 1 heterocycles. The average molecular weight is 148 g/mol. The van der Waals surface area contributed by atoms with Gasteiger partial charge in [0.2, 0.25) is 0 Å². The third-order valence-corrected chi connectivity index (χ3v) is 1.33. The minimum absolute atomic E-state index is 0.0139. The zero-order valence-electron chi connectivity index (χ0n) is 5.75. The summed E-state index contributed by atoms with van der Waals surface area (Å²) in [7, 11) is 1.43. The van der Waals surface area contributed by atoms with Gasteiger partial charge in [-0.1, -0.05) is 0 Å². The highest BCUT2D eigenvalue weighted by molar-refractivity contribution is 5.35. The molecule has 0 saturated carbocycles. The van der Waals surface area contributed by atoms with E-state index in [1.807, 2.05) is 0 Å². The van der Waals surface area contributed by atoms with Crippen molar-refractivity contribution in [2.75, 3.05) is 0 Å². The Kier molecular flexibility index (Phi) is 1.49. The molecule has 11 heavy (non-hydrogen) atoms. The van der Waals surface area contributed by atoms with Crippen molar-refractivity contribution < 1.29 is 0 Å². The quantitative estimate of drug-likeness (QED) is 0.536. The first-order valence-electron chi connectivity index (χ1n) is 2.80. The summed E-state index contributed by atoms with van der Waals surface area (Å²) >= 11 is 0. The monoisotopic (exact) mass is 148 g/mol. The van der Waals surface area contributed by atoms with Gasteiger partial charge in [0.05, 0.1) is 0 Å². The van der Waals surface area contributed by atoms with Gasteiger partial charge in [-0.25, -0.2) is 4.79 Å². The molecule has 0 saturated heterocycles. The number of rotatable bonds is 0. The van der Waals surface area contributed by atoms with Gasteiger partial charge in [0.1, 0.15) is 12.1 Å². The number of H-pyrrole nitrogens is 1. The van der Waals surface area contributed by atoms with E-state index in [0.29, 0.717) is 0 Å². The van der Waals surface area contributed by atoms with Crippen LogP contribution in [0.2, 0.25) is 0 Å². The largest absolute Gasteiger partial charge is 0.327 e. The topological polar surface area (TPSA) is 85.4 Å². The Bertz CT molecular complexity index is 411. The minimum Gasteiger partial charge on any atom is -0.296 e. The maximum absolute atomic E-state index is 10.8. The lowest BCUT2D eigenvalue weighted by atomic mass is 10.4. The molecule has 0 aliphatic rings. The predicted molar refractivity (Wildman–Crippen MR) is 35.5 cm³/mol. The van der Waals surface area contributed by atoms with Crippen LogP contribution in [-0.4, -0.2) is 9.55 Å². The second-order valence-corrected chi connectivity index (χ2v) is 1.94. The van der Waals surface area contributed by atoms with E-state index in [2.05, 4.69) is 4.98 Å². The van der Waals surface area contributed by atoms with Gasteiger partial charge in [0, 0.05) is 7.05 Å². The summed E-state index contributed by atoms with van der Waals surface area (Å²) in [5, 5.41) is 16.9. The summed E-state index contributed by atoms with van der Waals surface area (Å²) < 4.78 is 1.10. The van der Waals surface area contributed by atoms with Crippen LogP contribution in [-0.2, 0) is 7.05 Å². The lowest BCUT2D eigenvalue weighted by Gasteiger charge is -1.85. The Morgan fingerprint density at radius 2 is 2.09 bits per heavy atom. The van der Waals surface area contributed by atoms with Gasteiger partial charge >= 0.3 is 5.69 Å². The molecule has 1 N–H and O–H groups in total. The first-order chi connectivity index (χ1) is 5.20. The SMILES string of the molecule is Cn1c(C#N)c(C#N)[nH]c1=O. The molecule has 0 spiro atoms. The Morgan fingerprint density at radius 1 is 1.45 bits per heavy atom. The Hall–Kier alpha value is -2.01. The normalized spacial score (nSPS) is 8.64. The van der Waals surface area contributed by atoms with Crippen molar-refractivity contribution in [3.63, 3.8) is 0 Å². The van der Waals surface area contributed by atoms with Crippen molar-refractivity contribution in [2.45, 2.75) is 0 Å². The summed E-state index contributed by atoms with van der Waals surface area (Å²) in [5.41, 5.74) is -0.365. The fraction of sp³-hybridized carbons (Fsp3) is 0.167. The molecule has 5 nitrogen and oxygen atoms in total. The molecule has 1 rings (SSSR count). The number of hydrogen-bond acceptors (Lipinski definition) is 3. The van der Waals surface area contributed by atoms with Crippen LogP contribution in [0.25, 0.3) is 0 Å². The number of aromatic nitrogens is 2. The predicted octanol–water partition coefficient (Wildman–Crippen LogP) is -0.543. The molecule has 0 amide bonds. The molecular weight excluding hydrogens is 144 g/mol. The molecule has 0 aliphatic carbocycles. The maximum atomic E-state index is 10.8. The summed E-state index contributed by atoms with van der Waals surface area (Å²) in [6, 6.07) is 3.45. The zero-order chi connectivity index (χ0) is 8.43. The van der Waals surface area contributed by atoms with Crippen LogP contribution in [0.1, 0.15) is 11.4 Å². The van der Waals surface area contributed by atoms with Crippen LogP contribution in [0.15, 0.2) is 4.79 Å². The van der Waals surface area contributed by atoms with Crippen molar-refractivity contribution in [3.8, 4) is 12.1 Å². The second kappa shape index (κ2) is 2.31. The van der Waals surface area contributed by atoms with E-state index < -0.39 is 5.69 Å². The maximum Gasteiger partial charge on any atom is 0.327 e. The van der Waals surface area contributed by atoms with E-state index in [1.54, 1.807) is 12.1 Å². The molecule has 1 aromatic rings. The molecule has 5 heteroatoms. The molecule has 0 aromatic carbocycles. The van der Waals surface area contributed by atoms with E-state index in [0.717, 1.165) is 4.57 Å². The highest BCUT2D eigenvalue weighted by atomic mass is 16.1. The number of imidazole rings is 1. The fourth-order valence-corrected chi connectivity index (χ4v) is 0.731. The lowest BCUT2D eigenvalue weighted by Crippen LogP contribution is -2.13. The Morgan fingerprint density at radius 3 is 2.45 bits per heavy atom. The molecule has 0 radical (unpaired) electrons. The number of nitrogens with zero attached hydrogens (tertiary/aromatic N) is 3. The molecule has 54 valence electrons. The molecule has 0 unspecified atom stereocenters. The first kappa shape index (κ1) is 7.10. The van der Waals surface area contributed by atoms with Crippen LogP contribution in [0.3, 0.4) is 0 Å². The highest BCUT2D eigenvalue weighted by Gasteiger charge is 2.08. The molecule has 0 atom stereocenters. The summed E-state index contributed by atoms with van der Waals surface area (Å²) in [6.07, 6.45) is 0. The van der Waals surface area contributed by atoms with Crippen molar-refractivity contribution >= 4 is 0 Å². The number of nitrogens with one attached hydrogen (secondary N) is 1. The van der Waals surface area contributed by atoms with Gasteiger partial charge in [0.25, 0.3) is 0 Å². The average Bonchev–Trinajstić information content (AvgIpc) is 2.28. The van der Waals surface area contributed by atoms with Gasteiger partial charge in [-0.15, -0.1) is 0 Å². The van der Waals surface area contributed by atoms with E-state index >= 15 is 0 Å². The molecule has 0 bridgehead atoms. The third kappa shape index (κ3) is 0.886. The molecule has 0 fully saturated rings. The Labute approximate surface area is 62.1 Å². The summed E-state index contributed by atoms with van der Waals surface area (Å²) in [5.74, 6) is 0. The molecular formula is C6H4N4O. The van der Waals surface area contributed by atoms with Gasteiger partial charge in [0.15, 0.2) is 11.4 Å². The van der Waals surface area contributed by atoms with E-state index in [-0.39, 0.29) is 11.4 Å². The Balaban J connectivity index is 3.58. The van der Waals surface area contributed by atoms with E-state index in [4.69, 9.17) is 10.5 Å². The van der Waals surface area contributed by atoms with Gasteiger partial charge in [-0.3, -0.25) is 9.55 Å². The fourth-order valence-electron chi connectivity index (χ4n) is 0.731. The van der Waals surface area contributed by atoms with Crippen LogP contribution in [0.5, 0.6) is 0 Å². The first-order valence-corrected chi connectivity index (χ1v) is 2.80. The number of aromatic amines is 1. The van der Waals surface area contributed by atoms with E-state index in [1.165, 1.54) is 7.05 Å². The lowest BCUT2D eigenvalue weighted by molar-refractivity contribution is 0.848. The van der Waals surface area contributed by atoms with Crippen molar-refractivity contribution in [2.24, 2.45) is 7.05 Å². The number of nitriles is 2. The number of hydrogen-bond donors (Lipinski definition) is 1. The smallest absolute Gasteiger partial charge is 0.296 e. The standard InChI is InChI=1S/C6H4N4O/c1-10-5(3-8)4(2-7)9-6(10)11/h1H3,(H,9,11). The van der Waals surface area contributed by atoms with E-state index in [9.17, 15) is 4.79 Å². The minimum atomic E-state index is -0.446. The highest BCUT2D eigenvalue weighted by Crippen LogP contribution is 1.97. The van der Waals surface area contributed by atoms with Gasteiger partial charge in [-0.2, -0.15) is 10.5 Å². The third-order valence-electron chi connectivity index (χ3n) is 1.33. The van der Waals surface area contributed by atoms with Crippen LogP contribution in [0, 0.1) is 22.7 Å². The molecule has 1 aromatic heterocycles. The van der Waals surface area contributed by atoms with Crippen LogP contribution >= 0.6 is 0 Å². The van der Waals surface area contributed by atoms with Gasteiger partial charge in [-0.05, 0) is 0 Å². The van der Waals surface area contributed by atoms with Gasteiger partial charge < -0.3 is 0 Å².